The van der Waals surface area contributed by atoms with Crippen molar-refractivity contribution >= 4 is 0 Å². The average molecular weight is 232 g/mol. The third-order valence-corrected chi connectivity index (χ3v) is 3.95. The molecule has 0 heterocycles. The summed E-state index contributed by atoms with van der Waals surface area (Å²) in [6, 6.07) is 7.18. The maximum absolute atomic E-state index is 5.71. The zero-order valence-corrected chi connectivity index (χ0v) is 11.2. The van der Waals surface area contributed by atoms with Gasteiger partial charge in [-0.25, -0.2) is 0 Å². The van der Waals surface area contributed by atoms with Crippen LogP contribution >= 0.6 is 0 Å². The number of aryl methyl sites for hydroxylation is 2. The summed E-state index contributed by atoms with van der Waals surface area (Å²) in [5.41, 5.74) is 7.10. The first-order chi connectivity index (χ1) is 8.10. The van der Waals surface area contributed by atoms with Crippen molar-refractivity contribution < 1.29 is 0 Å². The number of nitrogens with one attached hydrogen (secondary N) is 1. The van der Waals surface area contributed by atoms with Gasteiger partial charge in [0.15, 0.2) is 0 Å². The van der Waals surface area contributed by atoms with Gasteiger partial charge in [0.1, 0.15) is 0 Å². The Hall–Kier alpha value is -0.860. The summed E-state index contributed by atoms with van der Waals surface area (Å²) in [7, 11) is 0. The summed E-state index contributed by atoms with van der Waals surface area (Å²) in [5, 5.41) is 0. The number of hydrazine groups is 1. The molecule has 1 aliphatic rings. The number of nitrogens with two attached hydrogens (primary N) is 1. The Labute approximate surface area is 105 Å². The first kappa shape index (κ1) is 12.6. The van der Waals surface area contributed by atoms with Crippen molar-refractivity contribution in [2.24, 2.45) is 17.7 Å². The summed E-state index contributed by atoms with van der Waals surface area (Å²) in [6.45, 7) is 6.64. The highest BCUT2D eigenvalue weighted by Crippen LogP contribution is 2.38. The van der Waals surface area contributed by atoms with Gasteiger partial charge in [0.25, 0.3) is 0 Å². The third-order valence-electron chi connectivity index (χ3n) is 3.95. The second kappa shape index (κ2) is 5.19. The van der Waals surface area contributed by atoms with Crippen LogP contribution in [-0.4, -0.2) is 6.04 Å². The van der Waals surface area contributed by atoms with E-state index in [0.29, 0.717) is 12.0 Å². The molecular weight excluding hydrogens is 208 g/mol. The molecule has 3 N–H and O–H groups in total. The Balaban J connectivity index is 2.06. The minimum Gasteiger partial charge on any atom is -0.271 e. The first-order valence-electron chi connectivity index (χ1n) is 6.63. The third kappa shape index (κ3) is 3.30. The predicted molar refractivity (Wildman–Crippen MR) is 72.6 cm³/mol. The van der Waals surface area contributed by atoms with E-state index in [0.717, 1.165) is 12.3 Å². The summed E-state index contributed by atoms with van der Waals surface area (Å²) < 4.78 is 0. The van der Waals surface area contributed by atoms with Crippen LogP contribution in [0.1, 0.15) is 36.5 Å². The van der Waals surface area contributed by atoms with Crippen LogP contribution in [0.4, 0.5) is 0 Å². The molecule has 1 aliphatic carbocycles. The van der Waals surface area contributed by atoms with E-state index in [1.807, 2.05) is 0 Å². The van der Waals surface area contributed by atoms with Gasteiger partial charge in [-0.2, -0.15) is 0 Å². The number of hydrogen-bond donors (Lipinski definition) is 2. The molecule has 2 atom stereocenters. The molecule has 1 fully saturated rings. The predicted octanol–water partition coefficient (Wildman–Crippen LogP) is 2.72. The lowest BCUT2D eigenvalue weighted by Gasteiger charge is -2.23. The highest BCUT2D eigenvalue weighted by Gasteiger charge is 2.32. The molecule has 17 heavy (non-hydrogen) atoms. The van der Waals surface area contributed by atoms with Gasteiger partial charge in [0.2, 0.25) is 0 Å². The second-order valence-electron chi connectivity index (χ2n) is 5.67. The Morgan fingerprint density at radius 1 is 1.24 bits per heavy atom. The van der Waals surface area contributed by atoms with Crippen LogP contribution in [0.5, 0.6) is 0 Å². The maximum Gasteiger partial charge on any atom is 0.0279 e. The molecule has 0 bridgehead atoms. The molecule has 0 saturated heterocycles. The number of hydrogen-bond acceptors (Lipinski definition) is 2. The van der Waals surface area contributed by atoms with Crippen molar-refractivity contribution in [3.8, 4) is 0 Å². The van der Waals surface area contributed by atoms with Gasteiger partial charge >= 0.3 is 0 Å². The fraction of sp³-hybridized carbons (Fsp3) is 0.600. The van der Waals surface area contributed by atoms with Crippen LogP contribution in [0.25, 0.3) is 0 Å². The molecule has 94 valence electrons. The Bertz CT molecular complexity index is 362. The summed E-state index contributed by atoms with van der Waals surface area (Å²) in [4.78, 5) is 0. The summed E-state index contributed by atoms with van der Waals surface area (Å²) in [5.74, 6) is 7.29. The van der Waals surface area contributed by atoms with Crippen molar-refractivity contribution in [2.75, 3.05) is 0 Å². The monoisotopic (exact) mass is 232 g/mol. The molecule has 0 radical (unpaired) electrons. The zero-order valence-electron chi connectivity index (χ0n) is 11.2. The normalized spacial score (nSPS) is 19.1. The second-order valence-corrected chi connectivity index (χ2v) is 5.67. The lowest BCUT2D eigenvalue weighted by Crippen LogP contribution is -2.42. The highest BCUT2D eigenvalue weighted by molar-refractivity contribution is 5.29. The van der Waals surface area contributed by atoms with Gasteiger partial charge in [-0.1, -0.05) is 36.2 Å². The van der Waals surface area contributed by atoms with Crippen LogP contribution in [0.2, 0.25) is 0 Å². The molecule has 1 aromatic carbocycles. The van der Waals surface area contributed by atoms with Gasteiger partial charge in [-0.15, -0.1) is 0 Å². The summed E-state index contributed by atoms with van der Waals surface area (Å²) in [6.07, 6.45) is 3.80. The van der Waals surface area contributed by atoms with E-state index >= 15 is 0 Å². The standard InChI is InChI=1S/C15H24N2/c1-10-6-11(2)8-13(7-10)9-15(17-16)12(3)14-4-5-14/h6-8,12,14-15,17H,4-5,9,16H2,1-3H3. The van der Waals surface area contributed by atoms with Crippen molar-refractivity contribution in [2.45, 2.75) is 46.1 Å². The molecule has 2 nitrogen and oxygen atoms in total. The largest absolute Gasteiger partial charge is 0.271 e. The topological polar surface area (TPSA) is 38.0 Å². The Morgan fingerprint density at radius 2 is 1.82 bits per heavy atom. The minimum absolute atomic E-state index is 0.406. The van der Waals surface area contributed by atoms with Gasteiger partial charge in [-0.05, 0) is 50.5 Å². The van der Waals surface area contributed by atoms with Crippen LogP contribution in [0.15, 0.2) is 18.2 Å². The molecule has 2 rings (SSSR count). The minimum atomic E-state index is 0.406. The lowest BCUT2D eigenvalue weighted by molar-refractivity contribution is 0.343. The average Bonchev–Trinajstić information content (AvgIpc) is 3.07. The van der Waals surface area contributed by atoms with Gasteiger partial charge in [0.05, 0.1) is 0 Å². The van der Waals surface area contributed by atoms with Crippen LogP contribution < -0.4 is 11.3 Å². The quantitative estimate of drug-likeness (QED) is 0.605. The van der Waals surface area contributed by atoms with E-state index in [9.17, 15) is 0 Å². The van der Waals surface area contributed by atoms with Gasteiger partial charge in [-0.3, -0.25) is 11.3 Å². The van der Waals surface area contributed by atoms with E-state index in [-0.39, 0.29) is 0 Å². The van der Waals surface area contributed by atoms with Crippen LogP contribution in [0, 0.1) is 25.7 Å². The molecule has 0 amide bonds. The van der Waals surface area contributed by atoms with Crippen molar-refractivity contribution in [1.29, 1.82) is 0 Å². The summed E-state index contributed by atoms with van der Waals surface area (Å²) >= 11 is 0. The molecule has 1 aromatic rings. The first-order valence-corrected chi connectivity index (χ1v) is 6.63. The van der Waals surface area contributed by atoms with Crippen LogP contribution in [-0.2, 0) is 6.42 Å². The molecule has 0 aromatic heterocycles. The zero-order chi connectivity index (χ0) is 12.4. The van der Waals surface area contributed by atoms with Crippen molar-refractivity contribution in [3.05, 3.63) is 34.9 Å². The number of rotatable bonds is 5. The molecule has 0 spiro atoms. The molecule has 1 saturated carbocycles. The Kier molecular flexibility index (Phi) is 3.85. The highest BCUT2D eigenvalue weighted by atomic mass is 15.2. The van der Waals surface area contributed by atoms with Crippen LogP contribution in [0.3, 0.4) is 0 Å². The Morgan fingerprint density at radius 3 is 2.29 bits per heavy atom. The fourth-order valence-corrected chi connectivity index (χ4v) is 2.79. The van der Waals surface area contributed by atoms with E-state index in [2.05, 4.69) is 44.4 Å². The maximum atomic E-state index is 5.71. The smallest absolute Gasteiger partial charge is 0.0279 e. The SMILES string of the molecule is Cc1cc(C)cc(CC(NN)C(C)C2CC2)c1. The molecule has 0 aliphatic heterocycles. The van der Waals surface area contributed by atoms with E-state index in [4.69, 9.17) is 5.84 Å². The molecule has 2 heteroatoms. The van der Waals surface area contributed by atoms with Crippen molar-refractivity contribution in [3.63, 3.8) is 0 Å². The van der Waals surface area contributed by atoms with Gasteiger partial charge in [0, 0.05) is 6.04 Å². The molecular formula is C15H24N2. The van der Waals surface area contributed by atoms with Gasteiger partial charge < -0.3 is 0 Å². The number of benzene rings is 1. The fourth-order valence-electron chi connectivity index (χ4n) is 2.79. The molecule has 2 unspecified atom stereocenters. The van der Waals surface area contributed by atoms with E-state index < -0.39 is 0 Å². The van der Waals surface area contributed by atoms with E-state index in [1.165, 1.54) is 29.5 Å². The van der Waals surface area contributed by atoms with Crippen molar-refractivity contribution in [1.82, 2.24) is 5.43 Å². The lowest BCUT2D eigenvalue weighted by atomic mass is 9.91. The van der Waals surface area contributed by atoms with E-state index in [1.54, 1.807) is 0 Å².